The predicted molar refractivity (Wildman–Crippen MR) is 176 cm³/mol. The van der Waals surface area contributed by atoms with Crippen LogP contribution in [0.1, 0.15) is 45.1 Å². The summed E-state index contributed by atoms with van der Waals surface area (Å²) in [5.74, 6) is -0.0524. The number of nitrogens with one attached hydrogen (secondary N) is 1. The van der Waals surface area contributed by atoms with Gasteiger partial charge in [0.2, 0.25) is 10.0 Å². The van der Waals surface area contributed by atoms with Crippen LogP contribution < -0.4 is 10.1 Å². The number of nitrogens with zero attached hydrogens (tertiary/aromatic N) is 3. The number of carbonyl (C=O) groups is 1. The second kappa shape index (κ2) is 15.4. The van der Waals surface area contributed by atoms with Gasteiger partial charge < -0.3 is 34.1 Å². The number of aliphatic hydroxyl groups is 1. The summed E-state index contributed by atoms with van der Waals surface area (Å²) < 4.78 is 52.3. The molecule has 3 fully saturated rings. The summed E-state index contributed by atoms with van der Waals surface area (Å²) in [7, 11) is -2.37. The number of carbonyl (C=O) groups excluding carboxylic acids is 1. The molecule has 14 heteroatoms. The van der Waals surface area contributed by atoms with E-state index in [1.165, 1.54) is 4.31 Å². The molecular weight excluding hydrogens is 623 g/mol. The molecule has 0 aliphatic carbocycles. The average Bonchev–Trinajstić information content (AvgIpc) is 3.68. The smallest absolute Gasteiger partial charge is 0.440 e. The Bertz CT molecular complexity index is 1500. The number of hydrogen-bond donors (Lipinski definition) is 2. The van der Waals surface area contributed by atoms with E-state index in [0.717, 1.165) is 12.0 Å². The molecule has 4 unspecified atom stereocenters. The topological polar surface area (TPSA) is 154 Å². The van der Waals surface area contributed by atoms with Crippen LogP contribution in [-0.4, -0.2) is 95.4 Å². The van der Waals surface area contributed by atoms with Crippen LogP contribution >= 0.6 is 0 Å². The minimum absolute atomic E-state index is 0.0524. The van der Waals surface area contributed by atoms with Crippen LogP contribution in [-0.2, 0) is 35.3 Å². The molecule has 47 heavy (non-hydrogen) atoms. The van der Waals surface area contributed by atoms with Gasteiger partial charge in [-0.15, -0.1) is 0 Å². The number of amides is 1. The maximum Gasteiger partial charge on any atom is 0.440 e. The fraction of sp³-hybridized carbons (Fsp3) is 0.576. The molecule has 3 aliphatic rings. The van der Waals surface area contributed by atoms with Crippen molar-refractivity contribution in [2.24, 2.45) is 11.3 Å². The van der Waals surface area contributed by atoms with Gasteiger partial charge in [-0.25, -0.2) is 13.2 Å². The van der Waals surface area contributed by atoms with Crippen molar-refractivity contribution < 1.29 is 37.2 Å². The van der Waals surface area contributed by atoms with E-state index in [-0.39, 0.29) is 50.3 Å². The minimum atomic E-state index is -4.12. The van der Waals surface area contributed by atoms with Crippen LogP contribution in [0, 0.1) is 22.7 Å². The summed E-state index contributed by atoms with van der Waals surface area (Å²) in [5.41, 5.74) is 1.04. The lowest BCUT2D eigenvalue weighted by molar-refractivity contribution is -0.0907. The van der Waals surface area contributed by atoms with E-state index in [0.29, 0.717) is 38.1 Å². The lowest BCUT2D eigenvalue weighted by Crippen LogP contribution is -2.52. The van der Waals surface area contributed by atoms with Gasteiger partial charge in [0.1, 0.15) is 6.10 Å². The minimum Gasteiger partial charge on any atom is -0.443 e. The van der Waals surface area contributed by atoms with Crippen molar-refractivity contribution in [3.8, 4) is 6.07 Å². The van der Waals surface area contributed by atoms with Crippen LogP contribution in [0.15, 0.2) is 59.5 Å². The SMILES string of the molecule is CN(B1CO1)c1cccc(S(=O)(=O)N(CC(O)[C@H](Cc2ccccc2)NC(=O)OC2COC3OCCC23)CC(C)(C)CCCC#N)c1. The highest BCUT2D eigenvalue weighted by atomic mass is 32.2. The molecule has 1 amide bonds. The molecule has 254 valence electrons. The molecule has 0 saturated carbocycles. The Hall–Kier alpha value is -3.19. The van der Waals surface area contributed by atoms with E-state index >= 15 is 0 Å². The van der Waals surface area contributed by atoms with E-state index in [9.17, 15) is 18.3 Å². The van der Waals surface area contributed by atoms with Gasteiger partial charge >= 0.3 is 13.1 Å². The zero-order valence-electron chi connectivity index (χ0n) is 27.3. The second-order valence-corrected chi connectivity index (χ2v) is 15.3. The molecule has 3 saturated heterocycles. The third-order valence-corrected chi connectivity index (χ3v) is 10.9. The first-order chi connectivity index (χ1) is 22.5. The number of benzene rings is 2. The molecule has 0 bridgehead atoms. The predicted octanol–water partition coefficient (Wildman–Crippen LogP) is 3.35. The Morgan fingerprint density at radius 1 is 1.21 bits per heavy atom. The summed E-state index contributed by atoms with van der Waals surface area (Å²) in [5, 5.41) is 23.7. The number of nitriles is 1. The molecule has 2 aromatic carbocycles. The first-order valence-electron chi connectivity index (χ1n) is 16.2. The number of unbranched alkanes of at least 4 members (excludes halogenated alkanes) is 1. The highest BCUT2D eigenvalue weighted by Gasteiger charge is 2.44. The fourth-order valence-electron chi connectivity index (χ4n) is 6.25. The van der Waals surface area contributed by atoms with Crippen LogP contribution in [0.4, 0.5) is 10.5 Å². The van der Waals surface area contributed by atoms with Gasteiger partial charge in [-0.2, -0.15) is 9.57 Å². The highest BCUT2D eigenvalue weighted by Crippen LogP contribution is 2.33. The molecule has 0 aromatic heterocycles. The summed E-state index contributed by atoms with van der Waals surface area (Å²) in [6, 6.07) is 17.3. The first kappa shape index (κ1) is 35.1. The number of rotatable bonds is 16. The quantitative estimate of drug-likeness (QED) is 0.155. The van der Waals surface area contributed by atoms with Gasteiger partial charge in [0, 0.05) is 25.2 Å². The third kappa shape index (κ3) is 9.25. The number of alkyl carbamates (subject to hydrolysis) is 1. The molecule has 3 aliphatic heterocycles. The van der Waals surface area contributed by atoms with Crippen LogP contribution in [0.25, 0.3) is 0 Å². The van der Waals surface area contributed by atoms with E-state index in [4.69, 9.17) is 24.1 Å². The lowest BCUT2D eigenvalue weighted by Gasteiger charge is -2.35. The van der Waals surface area contributed by atoms with Crippen molar-refractivity contribution in [1.82, 2.24) is 9.62 Å². The lowest BCUT2D eigenvalue weighted by atomic mass is 9.87. The Morgan fingerprint density at radius 2 is 1.98 bits per heavy atom. The number of aliphatic hydroxyl groups excluding tert-OH is 1. The summed E-state index contributed by atoms with van der Waals surface area (Å²) in [4.78, 5) is 15.2. The van der Waals surface area contributed by atoms with Crippen molar-refractivity contribution in [1.29, 1.82) is 5.26 Å². The van der Waals surface area contributed by atoms with Gasteiger partial charge in [-0.05, 0) is 61.9 Å². The third-order valence-electron chi connectivity index (χ3n) is 9.06. The Labute approximate surface area is 278 Å². The largest absolute Gasteiger partial charge is 0.443 e. The Morgan fingerprint density at radius 3 is 2.70 bits per heavy atom. The number of anilines is 1. The fourth-order valence-corrected chi connectivity index (χ4v) is 7.94. The monoisotopic (exact) mass is 668 g/mol. The molecule has 5 rings (SSSR count). The molecule has 12 nitrogen and oxygen atoms in total. The van der Waals surface area contributed by atoms with Crippen molar-refractivity contribution in [3.05, 3.63) is 60.2 Å². The average molecular weight is 669 g/mol. The normalized spacial score (nSPS) is 22.0. The molecular formula is C33H45BN4O8S. The van der Waals surface area contributed by atoms with Gasteiger partial charge in [-0.1, -0.05) is 50.2 Å². The summed E-state index contributed by atoms with van der Waals surface area (Å²) in [6.45, 7) is 5.06. The zero-order chi connectivity index (χ0) is 33.6. The van der Waals surface area contributed by atoms with Crippen molar-refractivity contribution >= 4 is 28.9 Å². The first-order valence-corrected chi connectivity index (χ1v) is 17.6. The van der Waals surface area contributed by atoms with Crippen LogP contribution in [0.3, 0.4) is 0 Å². The number of fused-ring (bicyclic) bond motifs is 1. The molecule has 0 radical (unpaired) electrons. The molecule has 3 heterocycles. The number of ether oxygens (including phenoxy) is 3. The van der Waals surface area contributed by atoms with E-state index in [1.54, 1.807) is 18.2 Å². The highest BCUT2D eigenvalue weighted by molar-refractivity contribution is 7.89. The Kier molecular flexibility index (Phi) is 11.5. The number of hydrogen-bond acceptors (Lipinski definition) is 10. The number of sulfonamides is 1. The van der Waals surface area contributed by atoms with Crippen molar-refractivity contribution in [2.45, 2.75) is 75.4 Å². The van der Waals surface area contributed by atoms with Gasteiger partial charge in [0.05, 0.1) is 48.7 Å². The van der Waals surface area contributed by atoms with Crippen molar-refractivity contribution in [2.75, 3.05) is 44.7 Å². The Balaban J connectivity index is 1.38. The molecule has 0 spiro atoms. The second-order valence-electron chi connectivity index (χ2n) is 13.3. The standard InChI is InChI=1S/C33H45BN4O8S/c1-33(2,15-7-8-16-35)22-38(47(41,42)26-13-9-12-25(19-26)37(3)34-23-45-34)20-29(39)28(18-24-10-5-4-6-11-24)36-32(40)46-30-21-44-31-27(30)14-17-43-31/h4-6,9-13,19,27-31,39H,7-8,14-15,17-18,20-23H2,1-3H3,(H,36,40)/t27?,28-,29?,30?,31?/m0/s1. The maximum atomic E-state index is 14.3. The van der Waals surface area contributed by atoms with E-state index < -0.39 is 39.8 Å². The van der Waals surface area contributed by atoms with Crippen LogP contribution in [0.2, 0.25) is 0 Å². The summed E-state index contributed by atoms with van der Waals surface area (Å²) in [6.07, 6.45) is -0.313. The van der Waals surface area contributed by atoms with E-state index in [2.05, 4.69) is 11.4 Å². The molecule has 5 atom stereocenters. The van der Waals surface area contributed by atoms with E-state index in [1.807, 2.05) is 62.1 Å². The van der Waals surface area contributed by atoms with Crippen LogP contribution in [0.5, 0.6) is 0 Å². The van der Waals surface area contributed by atoms with Gasteiger partial charge in [0.15, 0.2) is 6.29 Å². The molecule has 2 aromatic rings. The zero-order valence-corrected chi connectivity index (χ0v) is 28.1. The van der Waals surface area contributed by atoms with Crippen molar-refractivity contribution in [3.63, 3.8) is 0 Å². The molecule has 2 N–H and O–H groups in total. The van der Waals surface area contributed by atoms with Gasteiger partial charge in [-0.3, -0.25) is 0 Å². The summed E-state index contributed by atoms with van der Waals surface area (Å²) >= 11 is 0. The maximum absolute atomic E-state index is 14.3. The van der Waals surface area contributed by atoms with Gasteiger partial charge in [0.25, 0.3) is 0 Å².